The summed E-state index contributed by atoms with van der Waals surface area (Å²) in [6.45, 7) is 1.30. The lowest BCUT2D eigenvalue weighted by Gasteiger charge is -2.30. The molecule has 2 aromatic carbocycles. The fourth-order valence-corrected chi connectivity index (χ4v) is 8.19. The highest BCUT2D eigenvalue weighted by molar-refractivity contribution is 8.00. The van der Waals surface area contributed by atoms with E-state index in [4.69, 9.17) is 4.74 Å². The monoisotopic (exact) mass is 603 g/mol. The number of benzene rings is 2. The Kier molecular flexibility index (Phi) is 7.18. The first-order valence-corrected chi connectivity index (χ1v) is 14.8. The van der Waals surface area contributed by atoms with Gasteiger partial charge < -0.3 is 14.6 Å². The van der Waals surface area contributed by atoms with Gasteiger partial charge in [-0.2, -0.15) is 13.2 Å². The van der Waals surface area contributed by atoms with Gasteiger partial charge in [-0.1, -0.05) is 47.4 Å². The number of anilines is 1. The molecule has 3 aliphatic rings. The normalized spacial score (nSPS) is 22.5. The quantitative estimate of drug-likeness (QED) is 0.427. The molecular weight excluding hydrogens is 579 g/mol. The van der Waals surface area contributed by atoms with Gasteiger partial charge in [0.2, 0.25) is 11.8 Å². The van der Waals surface area contributed by atoms with E-state index in [0.29, 0.717) is 39.2 Å². The predicted molar refractivity (Wildman–Crippen MR) is 146 cm³/mol. The molecule has 0 aliphatic carbocycles. The van der Waals surface area contributed by atoms with Gasteiger partial charge in [-0.25, -0.2) is 4.90 Å². The van der Waals surface area contributed by atoms with Crippen LogP contribution in [0.15, 0.2) is 58.4 Å². The van der Waals surface area contributed by atoms with Crippen LogP contribution < -0.4 is 14.5 Å². The highest BCUT2D eigenvalue weighted by atomic mass is 32.2. The van der Waals surface area contributed by atoms with E-state index in [1.807, 2.05) is 0 Å². The SMILES string of the molecule is O=C(COc1ccc(C2c3sc(=O)[nH]c3SC3C(=O)N(c4ccccc4C(F)(F)F)C(=O)C32)cc1)N1CCCCC1. The zero-order chi connectivity index (χ0) is 28.9. The van der Waals surface area contributed by atoms with Gasteiger partial charge in [-0.15, -0.1) is 0 Å². The maximum atomic E-state index is 13.8. The standard InChI is InChI=1S/C28H24F3N3O5S2/c29-28(30,31)17-6-2-3-7-18(17)34-25(36)21-20(22-24(32-27(38)41-22)40-23(21)26(34)37)15-8-10-16(11-9-15)39-14-19(35)33-12-4-1-5-13-33/h2-3,6-11,20-21,23H,1,4-5,12-14H2,(H,32,38). The van der Waals surface area contributed by atoms with Crippen molar-refractivity contribution in [1.82, 2.24) is 9.88 Å². The Morgan fingerprint density at radius 2 is 1.68 bits per heavy atom. The predicted octanol–water partition coefficient (Wildman–Crippen LogP) is 4.64. The number of rotatable bonds is 5. The van der Waals surface area contributed by atoms with E-state index < -0.39 is 46.3 Å². The van der Waals surface area contributed by atoms with Gasteiger partial charge in [0.15, 0.2) is 6.61 Å². The summed E-state index contributed by atoms with van der Waals surface area (Å²) in [4.78, 5) is 57.4. The molecule has 41 heavy (non-hydrogen) atoms. The molecule has 4 heterocycles. The van der Waals surface area contributed by atoms with Crippen LogP contribution in [-0.4, -0.2) is 52.6 Å². The maximum Gasteiger partial charge on any atom is 0.418 e. The second-order valence-corrected chi connectivity index (χ2v) is 12.2. The first-order valence-electron chi connectivity index (χ1n) is 13.1. The van der Waals surface area contributed by atoms with Gasteiger partial charge in [-0.05, 0) is 49.1 Å². The number of amides is 3. The zero-order valence-corrected chi connectivity index (χ0v) is 23.1. The molecular formula is C28H24F3N3O5S2. The number of thiazole rings is 1. The average molecular weight is 604 g/mol. The summed E-state index contributed by atoms with van der Waals surface area (Å²) < 4.78 is 47.1. The van der Waals surface area contributed by atoms with Crippen LogP contribution in [0.3, 0.4) is 0 Å². The minimum atomic E-state index is -4.77. The summed E-state index contributed by atoms with van der Waals surface area (Å²) in [6, 6.07) is 11.2. The first kappa shape index (κ1) is 27.6. The molecule has 3 atom stereocenters. The third kappa shape index (κ3) is 5.05. The van der Waals surface area contributed by atoms with Crippen molar-refractivity contribution in [1.29, 1.82) is 0 Å². The minimum Gasteiger partial charge on any atom is -0.484 e. The van der Waals surface area contributed by atoms with E-state index in [0.717, 1.165) is 54.5 Å². The Morgan fingerprint density at radius 1 is 0.976 bits per heavy atom. The van der Waals surface area contributed by atoms with Crippen LogP contribution in [0.4, 0.5) is 18.9 Å². The van der Waals surface area contributed by atoms with Gasteiger partial charge in [0, 0.05) is 23.9 Å². The van der Waals surface area contributed by atoms with Crippen molar-refractivity contribution < 1.29 is 32.3 Å². The van der Waals surface area contributed by atoms with Crippen molar-refractivity contribution in [3.05, 3.63) is 74.2 Å². The van der Waals surface area contributed by atoms with Crippen molar-refractivity contribution in [3.63, 3.8) is 0 Å². The second-order valence-electron chi connectivity index (χ2n) is 10.1. The summed E-state index contributed by atoms with van der Waals surface area (Å²) in [6.07, 6.45) is -1.73. The number of piperidine rings is 1. The van der Waals surface area contributed by atoms with E-state index in [1.54, 1.807) is 29.2 Å². The van der Waals surface area contributed by atoms with Crippen molar-refractivity contribution in [2.24, 2.45) is 5.92 Å². The topological polar surface area (TPSA) is 99.8 Å². The smallest absolute Gasteiger partial charge is 0.418 e. The molecule has 3 aromatic rings. The molecule has 0 radical (unpaired) electrons. The Morgan fingerprint density at radius 3 is 2.39 bits per heavy atom. The molecule has 3 unspecified atom stereocenters. The molecule has 2 saturated heterocycles. The zero-order valence-electron chi connectivity index (χ0n) is 21.5. The van der Waals surface area contributed by atoms with Crippen LogP contribution in [0.5, 0.6) is 5.75 Å². The number of aromatic nitrogens is 1. The molecule has 0 bridgehead atoms. The third-order valence-electron chi connectivity index (χ3n) is 7.58. The number of thioether (sulfide) groups is 1. The summed E-state index contributed by atoms with van der Waals surface area (Å²) in [7, 11) is 0. The number of hydrogen-bond donors (Lipinski definition) is 1. The van der Waals surface area contributed by atoms with Gasteiger partial charge in [0.1, 0.15) is 11.0 Å². The number of halogens is 3. The molecule has 3 aliphatic heterocycles. The van der Waals surface area contributed by atoms with E-state index in [1.165, 1.54) is 12.1 Å². The molecule has 0 spiro atoms. The lowest BCUT2D eigenvalue weighted by molar-refractivity contribution is -0.137. The number of imide groups is 1. The van der Waals surface area contributed by atoms with Crippen LogP contribution in [0.1, 0.15) is 41.2 Å². The summed E-state index contributed by atoms with van der Waals surface area (Å²) in [5, 5.41) is -0.601. The average Bonchev–Trinajstić information content (AvgIpc) is 3.46. The van der Waals surface area contributed by atoms with Gasteiger partial charge in [0.05, 0.1) is 22.2 Å². The maximum absolute atomic E-state index is 13.8. The number of para-hydroxylation sites is 1. The third-order valence-corrected chi connectivity index (χ3v) is 9.99. The van der Waals surface area contributed by atoms with Crippen molar-refractivity contribution in [2.45, 2.75) is 41.6 Å². The van der Waals surface area contributed by atoms with E-state index in [-0.39, 0.29) is 17.4 Å². The van der Waals surface area contributed by atoms with E-state index in [2.05, 4.69) is 4.98 Å². The molecule has 0 saturated carbocycles. The highest BCUT2D eigenvalue weighted by Gasteiger charge is 2.57. The summed E-state index contributed by atoms with van der Waals surface area (Å²) in [5.41, 5.74) is -0.994. The number of alkyl halides is 3. The Labute approximate surface area is 240 Å². The van der Waals surface area contributed by atoms with Crippen LogP contribution in [-0.2, 0) is 20.6 Å². The number of ether oxygens (including phenoxy) is 1. The molecule has 2 fully saturated rings. The Hall–Kier alpha value is -3.58. The number of carbonyl (C=O) groups is 3. The largest absolute Gasteiger partial charge is 0.484 e. The summed E-state index contributed by atoms with van der Waals surface area (Å²) in [5.74, 6) is -2.97. The molecule has 214 valence electrons. The molecule has 1 N–H and O–H groups in total. The Bertz CT molecular complexity index is 1560. The molecule has 13 heteroatoms. The first-order chi connectivity index (χ1) is 19.6. The number of hydrogen-bond acceptors (Lipinski definition) is 7. The highest BCUT2D eigenvalue weighted by Crippen LogP contribution is 2.54. The molecule has 6 rings (SSSR count). The second kappa shape index (κ2) is 10.7. The van der Waals surface area contributed by atoms with E-state index in [9.17, 15) is 32.3 Å². The number of nitrogens with zero attached hydrogens (tertiary/aromatic N) is 2. The molecule has 3 amide bonds. The van der Waals surface area contributed by atoms with Crippen molar-refractivity contribution in [2.75, 3.05) is 24.6 Å². The van der Waals surface area contributed by atoms with Crippen molar-refractivity contribution in [3.8, 4) is 5.75 Å². The number of carbonyl (C=O) groups excluding carboxylic acids is 3. The lowest BCUT2D eigenvalue weighted by atomic mass is 9.83. The fraction of sp³-hybridized carbons (Fsp3) is 0.357. The van der Waals surface area contributed by atoms with E-state index >= 15 is 0 Å². The lowest BCUT2D eigenvalue weighted by Crippen LogP contribution is -2.38. The van der Waals surface area contributed by atoms with Gasteiger partial charge >= 0.3 is 11.0 Å². The fourth-order valence-electron chi connectivity index (χ4n) is 5.67. The van der Waals surface area contributed by atoms with Crippen molar-refractivity contribution >= 4 is 46.5 Å². The van der Waals surface area contributed by atoms with Crippen LogP contribution in [0.2, 0.25) is 0 Å². The van der Waals surface area contributed by atoms with Gasteiger partial charge in [-0.3, -0.25) is 19.2 Å². The van der Waals surface area contributed by atoms with Gasteiger partial charge in [0.25, 0.3) is 5.91 Å². The number of aromatic amines is 1. The van der Waals surface area contributed by atoms with Crippen LogP contribution >= 0.6 is 23.1 Å². The molecule has 8 nitrogen and oxygen atoms in total. The number of fused-ring (bicyclic) bond motifs is 2. The number of likely N-dealkylation sites (tertiary alicyclic amines) is 1. The minimum absolute atomic E-state index is 0.100. The molecule has 1 aromatic heterocycles. The summed E-state index contributed by atoms with van der Waals surface area (Å²) >= 11 is 1.90. The van der Waals surface area contributed by atoms with Crippen LogP contribution in [0.25, 0.3) is 0 Å². The number of H-pyrrole nitrogens is 1. The van der Waals surface area contributed by atoms with Crippen LogP contribution in [0, 0.1) is 5.92 Å². The Balaban J connectivity index is 1.30. The number of nitrogens with one attached hydrogen (secondary N) is 1.